The Hall–Kier alpha value is -1.88. The summed E-state index contributed by atoms with van der Waals surface area (Å²) < 4.78 is 6.82. The van der Waals surface area contributed by atoms with Gasteiger partial charge in [0.1, 0.15) is 5.75 Å². The van der Waals surface area contributed by atoms with Gasteiger partial charge in [-0.3, -0.25) is 9.59 Å². The fraction of sp³-hybridized carbons (Fsp3) is 0.286. The standard InChI is InChI=1S/C14H13NO3S/c1-8-6-10-13(14(17)15(8)2)9(7-12(16)18-10)11-4-3-5-19-11/h3-6,9H,7H2,1-2H3. The van der Waals surface area contributed by atoms with Crippen molar-refractivity contribution >= 4 is 17.3 Å². The van der Waals surface area contributed by atoms with E-state index in [0.717, 1.165) is 10.6 Å². The van der Waals surface area contributed by atoms with Crippen LogP contribution in [0, 0.1) is 6.92 Å². The van der Waals surface area contributed by atoms with Crippen LogP contribution in [0.15, 0.2) is 28.4 Å². The number of hydrogen-bond acceptors (Lipinski definition) is 4. The predicted molar refractivity (Wildman–Crippen MR) is 72.8 cm³/mol. The van der Waals surface area contributed by atoms with E-state index in [4.69, 9.17) is 4.74 Å². The summed E-state index contributed by atoms with van der Waals surface area (Å²) in [6, 6.07) is 5.64. The van der Waals surface area contributed by atoms with Crippen molar-refractivity contribution in [2.75, 3.05) is 0 Å². The first-order valence-corrected chi connectivity index (χ1v) is 6.90. The van der Waals surface area contributed by atoms with Gasteiger partial charge in [0, 0.05) is 29.6 Å². The molecule has 0 saturated heterocycles. The second kappa shape index (κ2) is 4.35. The largest absolute Gasteiger partial charge is 0.426 e. The minimum atomic E-state index is -0.279. The minimum Gasteiger partial charge on any atom is -0.426 e. The van der Waals surface area contributed by atoms with E-state index in [0.29, 0.717) is 11.3 Å². The molecule has 0 radical (unpaired) electrons. The number of aromatic nitrogens is 1. The van der Waals surface area contributed by atoms with Gasteiger partial charge in [0.05, 0.1) is 12.0 Å². The maximum atomic E-state index is 12.4. The van der Waals surface area contributed by atoms with Gasteiger partial charge in [-0.2, -0.15) is 0 Å². The first kappa shape index (κ1) is 12.2. The van der Waals surface area contributed by atoms with Crippen molar-refractivity contribution in [1.29, 1.82) is 0 Å². The Morgan fingerprint density at radius 2 is 2.21 bits per heavy atom. The average Bonchev–Trinajstić information content (AvgIpc) is 2.88. The molecule has 0 amide bonds. The molecule has 98 valence electrons. The van der Waals surface area contributed by atoms with Gasteiger partial charge in [-0.05, 0) is 18.4 Å². The maximum Gasteiger partial charge on any atom is 0.312 e. The Kier molecular flexibility index (Phi) is 2.78. The normalized spacial score (nSPS) is 18.0. The summed E-state index contributed by atoms with van der Waals surface area (Å²) in [6.07, 6.45) is 0.228. The fourth-order valence-electron chi connectivity index (χ4n) is 2.38. The lowest BCUT2D eigenvalue weighted by molar-refractivity contribution is -0.135. The molecule has 1 aliphatic rings. The first-order valence-electron chi connectivity index (χ1n) is 6.02. The number of ether oxygens (including phenoxy) is 1. The number of aryl methyl sites for hydroxylation is 1. The number of esters is 1. The van der Waals surface area contributed by atoms with E-state index in [1.54, 1.807) is 29.0 Å². The number of thiophene rings is 1. The van der Waals surface area contributed by atoms with Crippen LogP contribution >= 0.6 is 11.3 Å². The highest BCUT2D eigenvalue weighted by Gasteiger charge is 2.32. The highest BCUT2D eigenvalue weighted by Crippen LogP contribution is 2.38. The van der Waals surface area contributed by atoms with Gasteiger partial charge in [-0.25, -0.2) is 0 Å². The van der Waals surface area contributed by atoms with E-state index in [-0.39, 0.29) is 23.9 Å². The van der Waals surface area contributed by atoms with Crippen LogP contribution in [0.3, 0.4) is 0 Å². The zero-order valence-corrected chi connectivity index (χ0v) is 11.5. The first-order chi connectivity index (χ1) is 9.08. The lowest BCUT2D eigenvalue weighted by atomic mass is 9.92. The second-order valence-electron chi connectivity index (χ2n) is 4.67. The van der Waals surface area contributed by atoms with Gasteiger partial charge in [-0.1, -0.05) is 6.07 Å². The summed E-state index contributed by atoms with van der Waals surface area (Å²) >= 11 is 1.56. The van der Waals surface area contributed by atoms with Gasteiger partial charge in [0.25, 0.3) is 5.56 Å². The van der Waals surface area contributed by atoms with E-state index in [9.17, 15) is 9.59 Å². The SMILES string of the molecule is Cc1cc2c(c(=O)n1C)C(c1cccs1)CC(=O)O2. The van der Waals surface area contributed by atoms with Gasteiger partial charge in [0.2, 0.25) is 0 Å². The molecule has 0 aliphatic carbocycles. The summed E-state index contributed by atoms with van der Waals surface area (Å²) in [5, 5.41) is 1.95. The Labute approximate surface area is 114 Å². The molecular formula is C14H13NO3S. The number of rotatable bonds is 1. The third-order valence-corrected chi connectivity index (χ3v) is 4.49. The molecule has 3 rings (SSSR count). The fourth-order valence-corrected chi connectivity index (χ4v) is 3.22. The van der Waals surface area contributed by atoms with Crippen molar-refractivity contribution in [2.24, 2.45) is 7.05 Å². The molecule has 3 heterocycles. The Morgan fingerprint density at radius 3 is 2.89 bits per heavy atom. The van der Waals surface area contributed by atoms with Crippen LogP contribution in [0.1, 0.15) is 28.5 Å². The summed E-state index contributed by atoms with van der Waals surface area (Å²) in [7, 11) is 1.74. The molecule has 1 aliphatic heterocycles. The summed E-state index contributed by atoms with van der Waals surface area (Å²) in [6.45, 7) is 1.82. The van der Waals surface area contributed by atoms with Crippen LogP contribution < -0.4 is 10.3 Å². The number of hydrogen-bond donors (Lipinski definition) is 0. The minimum absolute atomic E-state index is 0.0825. The van der Waals surface area contributed by atoms with Crippen LogP contribution in [0.4, 0.5) is 0 Å². The number of carbonyl (C=O) groups excluding carboxylic acids is 1. The number of carbonyl (C=O) groups is 1. The van der Waals surface area contributed by atoms with Crippen molar-refractivity contribution in [3.63, 3.8) is 0 Å². The van der Waals surface area contributed by atoms with Crippen molar-refractivity contribution in [3.05, 3.63) is 50.1 Å². The molecule has 19 heavy (non-hydrogen) atoms. The van der Waals surface area contributed by atoms with E-state index in [2.05, 4.69) is 0 Å². The molecule has 0 saturated carbocycles. The zero-order chi connectivity index (χ0) is 13.6. The van der Waals surface area contributed by atoms with Gasteiger partial charge in [0.15, 0.2) is 0 Å². The number of pyridine rings is 1. The van der Waals surface area contributed by atoms with E-state index in [1.165, 1.54) is 0 Å². The number of nitrogens with zero attached hydrogens (tertiary/aromatic N) is 1. The lowest BCUT2D eigenvalue weighted by Gasteiger charge is -2.24. The van der Waals surface area contributed by atoms with Crippen molar-refractivity contribution in [1.82, 2.24) is 4.57 Å². The predicted octanol–water partition coefficient (Wildman–Crippen LogP) is 2.20. The highest BCUT2D eigenvalue weighted by molar-refractivity contribution is 7.10. The molecule has 0 fully saturated rings. The Balaban J connectivity index is 2.26. The van der Waals surface area contributed by atoms with Crippen LogP contribution in [0.2, 0.25) is 0 Å². The van der Waals surface area contributed by atoms with E-state index < -0.39 is 0 Å². The van der Waals surface area contributed by atoms with Crippen LogP contribution in [0.5, 0.6) is 5.75 Å². The maximum absolute atomic E-state index is 12.4. The molecule has 0 spiro atoms. The average molecular weight is 275 g/mol. The lowest BCUT2D eigenvalue weighted by Crippen LogP contribution is -2.31. The molecule has 0 aromatic carbocycles. The molecule has 0 bridgehead atoms. The molecule has 4 nitrogen and oxygen atoms in total. The smallest absolute Gasteiger partial charge is 0.312 e. The van der Waals surface area contributed by atoms with E-state index >= 15 is 0 Å². The topological polar surface area (TPSA) is 48.3 Å². The Morgan fingerprint density at radius 1 is 1.42 bits per heavy atom. The third kappa shape index (κ3) is 1.90. The van der Waals surface area contributed by atoms with E-state index in [1.807, 2.05) is 24.4 Å². The van der Waals surface area contributed by atoms with Crippen LogP contribution in [-0.2, 0) is 11.8 Å². The molecule has 1 unspecified atom stereocenters. The quantitative estimate of drug-likeness (QED) is 0.750. The van der Waals surface area contributed by atoms with Gasteiger partial charge >= 0.3 is 5.97 Å². The van der Waals surface area contributed by atoms with Gasteiger partial charge in [-0.15, -0.1) is 11.3 Å². The van der Waals surface area contributed by atoms with Crippen LogP contribution in [0.25, 0.3) is 0 Å². The molecule has 0 N–H and O–H groups in total. The van der Waals surface area contributed by atoms with Crippen LogP contribution in [-0.4, -0.2) is 10.5 Å². The molecule has 5 heteroatoms. The second-order valence-corrected chi connectivity index (χ2v) is 5.65. The van der Waals surface area contributed by atoms with Crippen molar-refractivity contribution in [3.8, 4) is 5.75 Å². The zero-order valence-electron chi connectivity index (χ0n) is 10.7. The summed E-state index contributed by atoms with van der Waals surface area (Å²) in [4.78, 5) is 25.2. The monoisotopic (exact) mass is 275 g/mol. The number of fused-ring (bicyclic) bond motifs is 1. The molecular weight excluding hydrogens is 262 g/mol. The summed E-state index contributed by atoms with van der Waals surface area (Å²) in [5.74, 6) is -0.0515. The van der Waals surface area contributed by atoms with Crippen molar-refractivity contribution < 1.29 is 9.53 Å². The third-order valence-electron chi connectivity index (χ3n) is 3.50. The summed E-state index contributed by atoms with van der Waals surface area (Å²) in [5.41, 5.74) is 1.29. The molecule has 2 aromatic rings. The highest BCUT2D eigenvalue weighted by atomic mass is 32.1. The van der Waals surface area contributed by atoms with Crippen molar-refractivity contribution in [2.45, 2.75) is 19.3 Å². The van der Waals surface area contributed by atoms with Gasteiger partial charge < -0.3 is 9.30 Å². The molecule has 2 aromatic heterocycles. The Bertz CT molecular complexity index is 700. The molecule has 1 atom stereocenters.